The molecule has 0 saturated carbocycles. The predicted molar refractivity (Wildman–Crippen MR) is 90.8 cm³/mol. The average Bonchev–Trinajstić information content (AvgIpc) is 2.53. The van der Waals surface area contributed by atoms with Gasteiger partial charge in [0.2, 0.25) is 5.91 Å². The summed E-state index contributed by atoms with van der Waals surface area (Å²) in [7, 11) is 0. The van der Waals surface area contributed by atoms with Crippen LogP contribution in [0.2, 0.25) is 5.02 Å². The van der Waals surface area contributed by atoms with Crippen molar-refractivity contribution in [2.24, 2.45) is 0 Å². The van der Waals surface area contributed by atoms with Crippen molar-refractivity contribution in [1.82, 2.24) is 10.6 Å². The van der Waals surface area contributed by atoms with Gasteiger partial charge in [0.25, 0.3) is 0 Å². The van der Waals surface area contributed by atoms with E-state index in [2.05, 4.69) is 10.6 Å². The van der Waals surface area contributed by atoms with Gasteiger partial charge in [0.15, 0.2) is 0 Å². The highest BCUT2D eigenvalue weighted by molar-refractivity contribution is 6.30. The highest BCUT2D eigenvalue weighted by Crippen LogP contribution is 2.18. The van der Waals surface area contributed by atoms with E-state index in [-0.39, 0.29) is 24.1 Å². The molecule has 2 aromatic rings. The van der Waals surface area contributed by atoms with E-state index in [0.29, 0.717) is 5.02 Å². The zero-order chi connectivity index (χ0) is 17.7. The van der Waals surface area contributed by atoms with Crippen LogP contribution in [-0.4, -0.2) is 12.5 Å². The second-order valence-corrected chi connectivity index (χ2v) is 6.05. The number of carbonyl (C=O) groups excluding carboxylic acids is 1. The second kappa shape index (κ2) is 8.22. The van der Waals surface area contributed by atoms with Gasteiger partial charge < -0.3 is 10.6 Å². The first-order chi connectivity index (χ1) is 11.4. The van der Waals surface area contributed by atoms with Crippen molar-refractivity contribution in [1.29, 1.82) is 0 Å². The van der Waals surface area contributed by atoms with Crippen molar-refractivity contribution in [2.45, 2.75) is 25.9 Å². The van der Waals surface area contributed by atoms with Crippen LogP contribution in [0.5, 0.6) is 0 Å². The van der Waals surface area contributed by atoms with Gasteiger partial charge in [-0.1, -0.05) is 29.8 Å². The van der Waals surface area contributed by atoms with Gasteiger partial charge >= 0.3 is 0 Å². The van der Waals surface area contributed by atoms with Gasteiger partial charge in [0.05, 0.1) is 12.6 Å². The lowest BCUT2D eigenvalue weighted by molar-refractivity contribution is -0.121. The Morgan fingerprint density at radius 3 is 2.38 bits per heavy atom. The van der Waals surface area contributed by atoms with Crippen LogP contribution in [0.25, 0.3) is 0 Å². The van der Waals surface area contributed by atoms with E-state index in [1.807, 2.05) is 19.1 Å². The topological polar surface area (TPSA) is 41.1 Å². The van der Waals surface area contributed by atoms with Crippen LogP contribution >= 0.6 is 11.6 Å². The highest BCUT2D eigenvalue weighted by atomic mass is 35.5. The van der Waals surface area contributed by atoms with E-state index in [1.54, 1.807) is 19.1 Å². The van der Waals surface area contributed by atoms with Gasteiger partial charge in [-0.25, -0.2) is 8.78 Å². The molecular weight excluding hydrogens is 334 g/mol. The molecule has 2 atom stereocenters. The first-order valence-corrected chi connectivity index (χ1v) is 7.97. The SMILES string of the molecule is C[C@H](NCC(=O)N[C@H](C)c1ccc(F)cc1F)c1ccc(Cl)cc1. The number of benzene rings is 2. The molecule has 0 radical (unpaired) electrons. The maximum absolute atomic E-state index is 13.7. The lowest BCUT2D eigenvalue weighted by atomic mass is 10.1. The number of rotatable bonds is 6. The van der Waals surface area contributed by atoms with E-state index in [9.17, 15) is 13.6 Å². The molecule has 128 valence electrons. The number of amides is 1. The standard InChI is InChI=1S/C18H19ClF2N2O/c1-11(13-3-5-14(19)6-4-13)22-10-18(24)23-12(2)16-8-7-15(20)9-17(16)21/h3-9,11-12,22H,10H2,1-2H3,(H,23,24)/t11-,12+/m0/s1. The molecule has 0 unspecified atom stereocenters. The van der Waals surface area contributed by atoms with Gasteiger partial charge in [-0.05, 0) is 37.6 Å². The van der Waals surface area contributed by atoms with E-state index in [1.165, 1.54) is 12.1 Å². The van der Waals surface area contributed by atoms with Gasteiger partial charge in [-0.2, -0.15) is 0 Å². The molecule has 3 nitrogen and oxygen atoms in total. The molecule has 1 amide bonds. The largest absolute Gasteiger partial charge is 0.348 e. The maximum atomic E-state index is 13.7. The minimum Gasteiger partial charge on any atom is -0.348 e. The molecule has 2 N–H and O–H groups in total. The summed E-state index contributed by atoms with van der Waals surface area (Å²) >= 11 is 5.84. The van der Waals surface area contributed by atoms with Gasteiger partial charge in [0.1, 0.15) is 11.6 Å². The van der Waals surface area contributed by atoms with E-state index in [0.717, 1.165) is 11.6 Å². The van der Waals surface area contributed by atoms with E-state index < -0.39 is 17.7 Å². The summed E-state index contributed by atoms with van der Waals surface area (Å²) in [5, 5.41) is 6.43. The number of hydrogen-bond donors (Lipinski definition) is 2. The lowest BCUT2D eigenvalue weighted by Gasteiger charge is -2.18. The van der Waals surface area contributed by atoms with Gasteiger partial charge in [-0.15, -0.1) is 0 Å². The zero-order valence-corrected chi connectivity index (χ0v) is 14.2. The number of nitrogens with one attached hydrogen (secondary N) is 2. The Kier molecular flexibility index (Phi) is 6.29. The quantitative estimate of drug-likeness (QED) is 0.820. The Morgan fingerprint density at radius 1 is 1.08 bits per heavy atom. The van der Waals surface area contributed by atoms with Crippen LogP contribution in [-0.2, 0) is 4.79 Å². The summed E-state index contributed by atoms with van der Waals surface area (Å²) in [5.74, 6) is -1.59. The predicted octanol–water partition coefficient (Wildman–Crippen LogP) is 4.15. The monoisotopic (exact) mass is 352 g/mol. The molecule has 2 aromatic carbocycles. The summed E-state index contributed by atoms with van der Waals surface area (Å²) in [6, 6.07) is 10.1. The summed E-state index contributed by atoms with van der Waals surface area (Å²) < 4.78 is 26.6. The fourth-order valence-corrected chi connectivity index (χ4v) is 2.46. The Balaban J connectivity index is 1.87. The average molecular weight is 353 g/mol. The summed E-state index contributed by atoms with van der Waals surface area (Å²) in [6.07, 6.45) is 0. The number of hydrogen-bond acceptors (Lipinski definition) is 2. The fourth-order valence-electron chi connectivity index (χ4n) is 2.34. The Hall–Kier alpha value is -1.98. The van der Waals surface area contributed by atoms with Crippen molar-refractivity contribution in [3.05, 3.63) is 70.2 Å². The van der Waals surface area contributed by atoms with Crippen molar-refractivity contribution in [3.63, 3.8) is 0 Å². The molecular formula is C18H19ClF2N2O. The molecule has 2 rings (SSSR count). The smallest absolute Gasteiger partial charge is 0.234 e. The minimum absolute atomic E-state index is 0.0362. The first kappa shape index (κ1) is 18.4. The molecule has 0 aliphatic carbocycles. The van der Waals surface area contributed by atoms with Crippen LogP contribution < -0.4 is 10.6 Å². The minimum atomic E-state index is -0.676. The Bertz CT molecular complexity index is 707. The molecule has 0 aliphatic rings. The third-order valence-corrected chi connectivity index (χ3v) is 4.00. The van der Waals surface area contributed by atoms with Crippen molar-refractivity contribution >= 4 is 17.5 Å². The molecule has 0 aliphatic heterocycles. The fraction of sp³-hybridized carbons (Fsp3) is 0.278. The third kappa shape index (κ3) is 5.01. The first-order valence-electron chi connectivity index (χ1n) is 7.60. The molecule has 0 aromatic heterocycles. The van der Waals surface area contributed by atoms with Crippen molar-refractivity contribution in [2.75, 3.05) is 6.54 Å². The maximum Gasteiger partial charge on any atom is 0.234 e. The van der Waals surface area contributed by atoms with Crippen LogP contribution in [0.4, 0.5) is 8.78 Å². The Morgan fingerprint density at radius 2 is 1.75 bits per heavy atom. The van der Waals surface area contributed by atoms with Gasteiger partial charge in [-0.3, -0.25) is 4.79 Å². The van der Waals surface area contributed by atoms with Crippen LogP contribution in [0.15, 0.2) is 42.5 Å². The van der Waals surface area contributed by atoms with E-state index in [4.69, 9.17) is 11.6 Å². The third-order valence-electron chi connectivity index (χ3n) is 3.75. The zero-order valence-electron chi connectivity index (χ0n) is 13.4. The molecule has 0 saturated heterocycles. The van der Waals surface area contributed by atoms with Gasteiger partial charge in [0, 0.05) is 22.7 Å². The molecule has 24 heavy (non-hydrogen) atoms. The summed E-state index contributed by atoms with van der Waals surface area (Å²) in [5.41, 5.74) is 1.25. The molecule has 6 heteroatoms. The van der Waals surface area contributed by atoms with E-state index >= 15 is 0 Å². The molecule has 0 bridgehead atoms. The molecule has 0 fully saturated rings. The second-order valence-electron chi connectivity index (χ2n) is 5.61. The van der Waals surface area contributed by atoms with Crippen molar-refractivity contribution < 1.29 is 13.6 Å². The lowest BCUT2D eigenvalue weighted by Crippen LogP contribution is -2.36. The number of carbonyl (C=O) groups is 1. The molecule has 0 spiro atoms. The summed E-state index contributed by atoms with van der Waals surface area (Å²) in [4.78, 5) is 12.0. The van der Waals surface area contributed by atoms with Crippen LogP contribution in [0, 0.1) is 11.6 Å². The molecule has 0 heterocycles. The highest BCUT2D eigenvalue weighted by Gasteiger charge is 2.15. The number of halogens is 3. The Labute approximate surface area is 145 Å². The summed E-state index contributed by atoms with van der Waals surface area (Å²) in [6.45, 7) is 3.66. The van der Waals surface area contributed by atoms with Crippen molar-refractivity contribution in [3.8, 4) is 0 Å². The van der Waals surface area contributed by atoms with Crippen LogP contribution in [0.3, 0.4) is 0 Å². The van der Waals surface area contributed by atoms with Crippen LogP contribution in [0.1, 0.15) is 37.1 Å². The normalized spacial score (nSPS) is 13.4.